The third-order valence-corrected chi connectivity index (χ3v) is 4.05. The summed E-state index contributed by atoms with van der Waals surface area (Å²) in [7, 11) is 5.88. The van der Waals surface area contributed by atoms with Gasteiger partial charge in [0, 0.05) is 19.7 Å². The fourth-order valence-electron chi connectivity index (χ4n) is 2.91. The summed E-state index contributed by atoms with van der Waals surface area (Å²) >= 11 is 0. The largest absolute Gasteiger partial charge is 0.423 e. The van der Waals surface area contributed by atoms with Crippen molar-refractivity contribution in [1.29, 1.82) is 0 Å². The highest BCUT2D eigenvalue weighted by Gasteiger charge is 2.14. The Morgan fingerprint density at radius 3 is 2.84 bits per heavy atom. The van der Waals surface area contributed by atoms with Gasteiger partial charge in [-0.15, -0.1) is 0 Å². The average molecular weight is 339 g/mol. The molecule has 0 saturated heterocycles. The normalized spacial score (nSPS) is 11.7. The minimum Gasteiger partial charge on any atom is -0.423 e. The Balaban J connectivity index is 1.72. The van der Waals surface area contributed by atoms with E-state index in [4.69, 9.17) is 4.42 Å². The number of oxazole rings is 1. The van der Waals surface area contributed by atoms with Crippen LogP contribution in [0.5, 0.6) is 0 Å². The number of halogens is 1. The van der Waals surface area contributed by atoms with E-state index in [0.717, 1.165) is 23.1 Å². The van der Waals surface area contributed by atoms with E-state index in [1.807, 2.05) is 43.9 Å². The predicted octanol–water partition coefficient (Wildman–Crippen LogP) is 3.66. The van der Waals surface area contributed by atoms with Gasteiger partial charge >= 0.3 is 6.01 Å². The molecule has 4 rings (SSSR count). The summed E-state index contributed by atoms with van der Waals surface area (Å²) in [5.74, 6) is 0.230. The molecule has 0 aliphatic carbocycles. The Morgan fingerprint density at radius 1 is 1.20 bits per heavy atom. The standard InChI is InChI=1S/C18H18FN5O/c1-23(2)10-11-5-4-6-15-16(11)21-18(25-15)22-17-20-13-9-12(19)7-8-14(13)24(17)3/h4-9H,10H2,1-3H3,(H,20,21,22). The average Bonchev–Trinajstić information content (AvgIpc) is 3.09. The number of nitrogens with zero attached hydrogens (tertiary/aromatic N) is 4. The summed E-state index contributed by atoms with van der Waals surface area (Å²) in [5, 5.41) is 3.09. The van der Waals surface area contributed by atoms with Crippen molar-refractivity contribution in [3.05, 3.63) is 47.8 Å². The molecule has 0 aliphatic rings. The van der Waals surface area contributed by atoms with Crippen molar-refractivity contribution in [1.82, 2.24) is 19.4 Å². The molecule has 0 atom stereocenters. The molecule has 2 aromatic carbocycles. The highest BCUT2D eigenvalue weighted by molar-refractivity contribution is 5.81. The topological polar surface area (TPSA) is 59.1 Å². The molecule has 0 amide bonds. The van der Waals surface area contributed by atoms with Gasteiger partial charge < -0.3 is 13.9 Å². The van der Waals surface area contributed by atoms with Gasteiger partial charge in [-0.05, 0) is 37.9 Å². The molecular weight excluding hydrogens is 321 g/mol. The smallest absolute Gasteiger partial charge is 0.302 e. The highest BCUT2D eigenvalue weighted by atomic mass is 19.1. The Labute approximate surface area is 143 Å². The van der Waals surface area contributed by atoms with Crippen LogP contribution in [0, 0.1) is 5.82 Å². The number of imidazole rings is 1. The molecule has 128 valence electrons. The summed E-state index contributed by atoms with van der Waals surface area (Å²) < 4.78 is 21.0. The molecule has 0 aliphatic heterocycles. The van der Waals surface area contributed by atoms with Crippen LogP contribution in [0.1, 0.15) is 5.56 Å². The molecule has 2 heterocycles. The highest BCUT2D eigenvalue weighted by Crippen LogP contribution is 2.26. The Hall–Kier alpha value is -2.93. The maximum atomic E-state index is 13.4. The summed E-state index contributed by atoms with van der Waals surface area (Å²) in [5.41, 5.74) is 4.03. The predicted molar refractivity (Wildman–Crippen MR) is 95.4 cm³/mol. The molecule has 0 fully saturated rings. The van der Waals surface area contributed by atoms with Crippen molar-refractivity contribution >= 4 is 34.1 Å². The lowest BCUT2D eigenvalue weighted by Gasteiger charge is -2.08. The van der Waals surface area contributed by atoms with E-state index >= 15 is 0 Å². The van der Waals surface area contributed by atoms with Gasteiger partial charge in [-0.25, -0.2) is 9.37 Å². The van der Waals surface area contributed by atoms with Crippen molar-refractivity contribution < 1.29 is 8.81 Å². The van der Waals surface area contributed by atoms with Gasteiger partial charge in [-0.3, -0.25) is 5.32 Å². The van der Waals surface area contributed by atoms with E-state index in [2.05, 4.69) is 20.2 Å². The van der Waals surface area contributed by atoms with Crippen LogP contribution in [-0.2, 0) is 13.6 Å². The number of aromatic nitrogens is 3. The number of nitrogens with one attached hydrogen (secondary N) is 1. The molecule has 6 nitrogen and oxygen atoms in total. The second-order valence-corrected chi connectivity index (χ2v) is 6.27. The third-order valence-electron chi connectivity index (χ3n) is 4.05. The van der Waals surface area contributed by atoms with Crippen LogP contribution in [-0.4, -0.2) is 33.5 Å². The summed E-state index contributed by atoms with van der Waals surface area (Å²) in [6, 6.07) is 10.8. The fourth-order valence-corrected chi connectivity index (χ4v) is 2.91. The van der Waals surface area contributed by atoms with Gasteiger partial charge in [0.15, 0.2) is 5.58 Å². The lowest BCUT2D eigenvalue weighted by molar-refractivity contribution is 0.404. The molecule has 25 heavy (non-hydrogen) atoms. The van der Waals surface area contributed by atoms with E-state index in [9.17, 15) is 4.39 Å². The number of aryl methyl sites for hydroxylation is 1. The van der Waals surface area contributed by atoms with Gasteiger partial charge in [-0.2, -0.15) is 4.98 Å². The first-order valence-corrected chi connectivity index (χ1v) is 7.93. The quantitative estimate of drug-likeness (QED) is 0.615. The zero-order chi connectivity index (χ0) is 17.6. The second-order valence-electron chi connectivity index (χ2n) is 6.27. The minimum atomic E-state index is -0.313. The molecule has 0 radical (unpaired) electrons. The first-order valence-electron chi connectivity index (χ1n) is 7.93. The molecule has 1 N–H and O–H groups in total. The van der Waals surface area contributed by atoms with E-state index < -0.39 is 0 Å². The molecule has 0 saturated carbocycles. The van der Waals surface area contributed by atoms with Crippen LogP contribution in [0.2, 0.25) is 0 Å². The maximum Gasteiger partial charge on any atom is 0.302 e. The number of rotatable bonds is 4. The maximum absolute atomic E-state index is 13.4. The molecule has 0 bridgehead atoms. The van der Waals surface area contributed by atoms with E-state index in [1.165, 1.54) is 12.1 Å². The number of hydrogen-bond acceptors (Lipinski definition) is 5. The lowest BCUT2D eigenvalue weighted by Crippen LogP contribution is -2.10. The van der Waals surface area contributed by atoms with Gasteiger partial charge in [-0.1, -0.05) is 12.1 Å². The number of benzene rings is 2. The molecule has 2 aromatic heterocycles. The monoisotopic (exact) mass is 339 g/mol. The summed E-state index contributed by atoms with van der Waals surface area (Å²) in [6.07, 6.45) is 0. The number of hydrogen-bond donors (Lipinski definition) is 1. The van der Waals surface area contributed by atoms with Crippen LogP contribution in [0.15, 0.2) is 40.8 Å². The van der Waals surface area contributed by atoms with Gasteiger partial charge in [0.1, 0.15) is 11.3 Å². The van der Waals surface area contributed by atoms with Crippen molar-refractivity contribution in [3.63, 3.8) is 0 Å². The van der Waals surface area contributed by atoms with Gasteiger partial charge in [0.25, 0.3) is 0 Å². The van der Waals surface area contributed by atoms with Crippen LogP contribution in [0.3, 0.4) is 0 Å². The van der Waals surface area contributed by atoms with Crippen molar-refractivity contribution in [2.45, 2.75) is 6.54 Å². The van der Waals surface area contributed by atoms with Crippen LogP contribution in [0.25, 0.3) is 22.1 Å². The SMILES string of the molecule is CN(C)Cc1cccc2oc(Nc3nc4cc(F)ccc4n3C)nc12. The number of para-hydroxylation sites is 1. The Bertz CT molecular complexity index is 1070. The van der Waals surface area contributed by atoms with Crippen LogP contribution < -0.4 is 5.32 Å². The molecule has 7 heteroatoms. The first kappa shape index (κ1) is 15.6. The minimum absolute atomic E-state index is 0.313. The Kier molecular flexibility index (Phi) is 3.65. The van der Waals surface area contributed by atoms with E-state index in [1.54, 1.807) is 6.07 Å². The zero-order valence-corrected chi connectivity index (χ0v) is 14.2. The van der Waals surface area contributed by atoms with Gasteiger partial charge in [0.05, 0.1) is 11.0 Å². The lowest BCUT2D eigenvalue weighted by atomic mass is 10.2. The van der Waals surface area contributed by atoms with E-state index in [0.29, 0.717) is 23.1 Å². The molecular formula is C18H18FN5O. The van der Waals surface area contributed by atoms with Gasteiger partial charge in [0.2, 0.25) is 5.95 Å². The third kappa shape index (κ3) is 2.83. The first-order chi connectivity index (χ1) is 12.0. The zero-order valence-electron chi connectivity index (χ0n) is 14.2. The van der Waals surface area contributed by atoms with Crippen LogP contribution in [0.4, 0.5) is 16.4 Å². The molecule has 4 aromatic rings. The van der Waals surface area contributed by atoms with Crippen molar-refractivity contribution in [2.24, 2.45) is 7.05 Å². The fraction of sp³-hybridized carbons (Fsp3) is 0.222. The number of fused-ring (bicyclic) bond motifs is 2. The Morgan fingerprint density at radius 2 is 2.04 bits per heavy atom. The van der Waals surface area contributed by atoms with E-state index in [-0.39, 0.29) is 5.82 Å². The number of anilines is 2. The molecule has 0 spiro atoms. The van der Waals surface area contributed by atoms with Crippen molar-refractivity contribution in [2.75, 3.05) is 19.4 Å². The summed E-state index contributed by atoms with van der Waals surface area (Å²) in [6.45, 7) is 0.773. The van der Waals surface area contributed by atoms with Crippen molar-refractivity contribution in [3.8, 4) is 0 Å². The second kappa shape index (κ2) is 5.86. The summed E-state index contributed by atoms with van der Waals surface area (Å²) in [4.78, 5) is 11.1. The molecule has 0 unspecified atom stereocenters. The van der Waals surface area contributed by atoms with Crippen LogP contribution >= 0.6 is 0 Å².